The molecule has 0 bridgehead atoms. The Morgan fingerprint density at radius 2 is 1.95 bits per heavy atom. The number of rotatable bonds is 3. The van der Waals surface area contributed by atoms with Gasteiger partial charge in [0.15, 0.2) is 0 Å². The van der Waals surface area contributed by atoms with Gasteiger partial charge in [-0.3, -0.25) is 9.59 Å². The lowest BCUT2D eigenvalue weighted by Crippen LogP contribution is -2.29. The largest absolute Gasteiger partial charge is 0.478 e. The van der Waals surface area contributed by atoms with Crippen molar-refractivity contribution in [1.29, 1.82) is 0 Å². The molecule has 0 saturated carbocycles. The van der Waals surface area contributed by atoms with E-state index in [0.717, 1.165) is 29.2 Å². The summed E-state index contributed by atoms with van der Waals surface area (Å²) in [5, 5.41) is 8.44. The molecule has 110 valence electrons. The van der Waals surface area contributed by atoms with Crippen LogP contribution in [0.15, 0.2) is 30.4 Å². The highest BCUT2D eigenvalue weighted by atomic mass is 19.4. The van der Waals surface area contributed by atoms with Crippen molar-refractivity contribution in [2.24, 2.45) is 0 Å². The lowest BCUT2D eigenvalue weighted by atomic mass is 10.1. The number of hydrogen-bond donors (Lipinski definition) is 1. The molecule has 1 aliphatic heterocycles. The van der Waals surface area contributed by atoms with Crippen molar-refractivity contribution >= 4 is 23.3 Å². The van der Waals surface area contributed by atoms with Crippen LogP contribution in [-0.2, 0) is 15.8 Å². The lowest BCUT2D eigenvalue weighted by Gasteiger charge is -2.14. The number of carboxylic acids is 1. The SMILES string of the molecule is O=C(O)/C=C/CN1C(=O)C(=O)c2cc(C(F)(F)F)ccc21. The first kappa shape index (κ1) is 14.8. The topological polar surface area (TPSA) is 74.7 Å². The zero-order valence-electron chi connectivity index (χ0n) is 10.3. The Labute approximate surface area is 116 Å². The van der Waals surface area contributed by atoms with Gasteiger partial charge in [-0.15, -0.1) is 0 Å². The van der Waals surface area contributed by atoms with Gasteiger partial charge in [-0.1, -0.05) is 6.08 Å². The molecule has 0 radical (unpaired) electrons. The highest BCUT2D eigenvalue weighted by Crippen LogP contribution is 2.35. The van der Waals surface area contributed by atoms with Gasteiger partial charge in [0.1, 0.15) is 0 Å². The normalized spacial score (nSPS) is 14.9. The van der Waals surface area contributed by atoms with Crippen LogP contribution in [-0.4, -0.2) is 29.3 Å². The van der Waals surface area contributed by atoms with E-state index >= 15 is 0 Å². The maximum atomic E-state index is 12.6. The third-order valence-electron chi connectivity index (χ3n) is 2.85. The molecule has 0 saturated heterocycles. The molecule has 1 aromatic rings. The molecule has 1 amide bonds. The van der Waals surface area contributed by atoms with Gasteiger partial charge in [0, 0.05) is 12.6 Å². The Kier molecular flexibility index (Phi) is 3.54. The van der Waals surface area contributed by atoms with Crippen LogP contribution >= 0.6 is 0 Å². The van der Waals surface area contributed by atoms with E-state index in [0.29, 0.717) is 6.07 Å². The summed E-state index contributed by atoms with van der Waals surface area (Å²) in [6.07, 6.45) is -2.71. The maximum absolute atomic E-state index is 12.6. The minimum Gasteiger partial charge on any atom is -0.478 e. The summed E-state index contributed by atoms with van der Waals surface area (Å²) >= 11 is 0. The van der Waals surface area contributed by atoms with E-state index < -0.39 is 29.4 Å². The van der Waals surface area contributed by atoms with Crippen LogP contribution < -0.4 is 4.90 Å². The van der Waals surface area contributed by atoms with Crippen LogP contribution in [0.5, 0.6) is 0 Å². The summed E-state index contributed by atoms with van der Waals surface area (Å²) in [6.45, 7) is -0.213. The van der Waals surface area contributed by atoms with Crippen LogP contribution in [0, 0.1) is 0 Å². The van der Waals surface area contributed by atoms with E-state index in [-0.39, 0.29) is 17.8 Å². The third kappa shape index (κ3) is 2.78. The Hall–Kier alpha value is -2.64. The summed E-state index contributed by atoms with van der Waals surface area (Å²) in [5.41, 5.74) is -1.32. The van der Waals surface area contributed by atoms with Crippen LogP contribution in [0.4, 0.5) is 18.9 Å². The highest BCUT2D eigenvalue weighted by Gasteiger charge is 2.38. The van der Waals surface area contributed by atoms with E-state index in [1.165, 1.54) is 0 Å². The molecular formula is C13H8F3NO4. The number of hydrogen-bond acceptors (Lipinski definition) is 3. The monoisotopic (exact) mass is 299 g/mol. The van der Waals surface area contributed by atoms with E-state index in [2.05, 4.69) is 0 Å². The molecule has 0 unspecified atom stereocenters. The molecule has 8 heteroatoms. The number of carbonyl (C=O) groups is 3. The van der Waals surface area contributed by atoms with Crippen molar-refractivity contribution in [3.05, 3.63) is 41.5 Å². The van der Waals surface area contributed by atoms with Gasteiger partial charge in [-0.25, -0.2) is 4.79 Å². The van der Waals surface area contributed by atoms with Gasteiger partial charge in [0.05, 0.1) is 16.8 Å². The van der Waals surface area contributed by atoms with E-state index in [1.807, 2.05) is 0 Å². The number of halogens is 3. The molecule has 1 N–H and O–H groups in total. The Morgan fingerprint density at radius 1 is 1.29 bits per heavy atom. The fourth-order valence-electron chi connectivity index (χ4n) is 1.92. The van der Waals surface area contributed by atoms with Gasteiger partial charge < -0.3 is 10.0 Å². The fourth-order valence-corrected chi connectivity index (χ4v) is 1.92. The minimum absolute atomic E-state index is 0.0352. The van der Waals surface area contributed by atoms with Crippen LogP contribution in [0.1, 0.15) is 15.9 Å². The second-order valence-corrected chi connectivity index (χ2v) is 4.22. The minimum atomic E-state index is -4.62. The predicted molar refractivity (Wildman–Crippen MR) is 64.9 cm³/mol. The number of Topliss-reactive ketones (excluding diaryl/α,β-unsaturated/α-hetero) is 1. The van der Waals surface area contributed by atoms with Crippen molar-refractivity contribution < 1.29 is 32.7 Å². The van der Waals surface area contributed by atoms with E-state index in [1.54, 1.807) is 0 Å². The first-order chi connectivity index (χ1) is 9.71. The summed E-state index contributed by atoms with van der Waals surface area (Å²) < 4.78 is 37.7. The number of alkyl halides is 3. The second-order valence-electron chi connectivity index (χ2n) is 4.22. The van der Waals surface area contributed by atoms with Crippen molar-refractivity contribution in [2.75, 3.05) is 11.4 Å². The zero-order valence-corrected chi connectivity index (χ0v) is 10.3. The number of fused-ring (bicyclic) bond motifs is 1. The number of benzene rings is 1. The number of anilines is 1. The smallest absolute Gasteiger partial charge is 0.416 e. The second kappa shape index (κ2) is 5.04. The lowest BCUT2D eigenvalue weighted by molar-refractivity contribution is -0.137. The average Bonchev–Trinajstić information content (AvgIpc) is 2.62. The first-order valence-corrected chi connectivity index (χ1v) is 5.68. The predicted octanol–water partition coefficient (Wildman–Crippen LogP) is 1.88. The molecule has 0 spiro atoms. The molecule has 21 heavy (non-hydrogen) atoms. The number of aliphatic carboxylic acids is 1. The molecule has 1 heterocycles. The van der Waals surface area contributed by atoms with Gasteiger partial charge in [-0.05, 0) is 18.2 Å². The highest BCUT2D eigenvalue weighted by molar-refractivity contribution is 6.52. The van der Waals surface area contributed by atoms with Gasteiger partial charge in [0.25, 0.3) is 11.7 Å². The molecule has 0 aliphatic carbocycles. The van der Waals surface area contributed by atoms with Gasteiger partial charge in [-0.2, -0.15) is 13.2 Å². The van der Waals surface area contributed by atoms with Crippen molar-refractivity contribution in [3.63, 3.8) is 0 Å². The Bertz CT molecular complexity index is 664. The van der Waals surface area contributed by atoms with Crippen molar-refractivity contribution in [1.82, 2.24) is 0 Å². The van der Waals surface area contributed by atoms with E-state index in [9.17, 15) is 27.6 Å². The summed E-state index contributed by atoms with van der Waals surface area (Å²) in [5.74, 6) is -3.26. The summed E-state index contributed by atoms with van der Waals surface area (Å²) in [6, 6.07) is 2.41. The molecule has 5 nitrogen and oxygen atoms in total. The first-order valence-electron chi connectivity index (χ1n) is 5.68. The third-order valence-corrected chi connectivity index (χ3v) is 2.85. The Morgan fingerprint density at radius 3 is 2.52 bits per heavy atom. The molecule has 1 aliphatic rings. The van der Waals surface area contributed by atoms with E-state index in [4.69, 9.17) is 5.11 Å². The van der Waals surface area contributed by atoms with Crippen LogP contribution in [0.2, 0.25) is 0 Å². The Balaban J connectivity index is 2.37. The molecule has 0 atom stereocenters. The zero-order chi connectivity index (χ0) is 15.8. The van der Waals surface area contributed by atoms with Crippen LogP contribution in [0.25, 0.3) is 0 Å². The average molecular weight is 299 g/mol. The number of nitrogens with zero attached hydrogens (tertiary/aromatic N) is 1. The van der Waals surface area contributed by atoms with Crippen LogP contribution in [0.3, 0.4) is 0 Å². The van der Waals surface area contributed by atoms with Gasteiger partial charge in [0.2, 0.25) is 0 Å². The quantitative estimate of drug-likeness (QED) is 0.683. The number of ketones is 1. The molecule has 2 rings (SSSR count). The standard InChI is InChI=1S/C13H8F3NO4/c14-13(15,16)7-3-4-9-8(6-7)11(20)12(21)17(9)5-1-2-10(18)19/h1-4,6H,5H2,(H,18,19)/b2-1+. The molecular weight excluding hydrogens is 291 g/mol. The van der Waals surface area contributed by atoms with Crippen molar-refractivity contribution in [2.45, 2.75) is 6.18 Å². The fraction of sp³-hybridized carbons (Fsp3) is 0.154. The van der Waals surface area contributed by atoms with Crippen molar-refractivity contribution in [3.8, 4) is 0 Å². The molecule has 1 aromatic carbocycles. The summed E-state index contributed by atoms with van der Waals surface area (Å²) in [7, 11) is 0. The molecule has 0 aromatic heterocycles. The molecule has 0 fully saturated rings. The summed E-state index contributed by atoms with van der Waals surface area (Å²) in [4.78, 5) is 34.7. The maximum Gasteiger partial charge on any atom is 0.416 e. The number of amides is 1. The van der Waals surface area contributed by atoms with Gasteiger partial charge >= 0.3 is 12.1 Å². The number of carbonyl (C=O) groups excluding carboxylic acids is 2. The number of carboxylic acid groups (broad SMARTS) is 1.